The number of hydrogen-bond donors (Lipinski definition) is 3. The second-order valence-electron chi connectivity index (χ2n) is 5.07. The van der Waals surface area contributed by atoms with Gasteiger partial charge < -0.3 is 15.1 Å². The van der Waals surface area contributed by atoms with Crippen LogP contribution in [0.5, 0.6) is 0 Å². The van der Waals surface area contributed by atoms with Crippen molar-refractivity contribution in [3.63, 3.8) is 0 Å². The van der Waals surface area contributed by atoms with E-state index in [0.29, 0.717) is 11.7 Å². The van der Waals surface area contributed by atoms with Crippen molar-refractivity contribution in [3.05, 3.63) is 18.6 Å². The topological polar surface area (TPSA) is 80.3 Å². The van der Waals surface area contributed by atoms with Gasteiger partial charge in [0.05, 0.1) is 6.20 Å². The number of unbranched alkanes of at least 4 members (excludes halogenated alkanes) is 1. The molecule has 0 radical (unpaired) electrons. The molecule has 2 aromatic rings. The predicted molar refractivity (Wildman–Crippen MR) is 82.6 cm³/mol. The van der Waals surface area contributed by atoms with E-state index < -0.39 is 0 Å². The highest BCUT2D eigenvalue weighted by molar-refractivity contribution is 5.65. The highest BCUT2D eigenvalue weighted by Crippen LogP contribution is 2.18. The van der Waals surface area contributed by atoms with Gasteiger partial charge in [-0.05, 0) is 12.3 Å². The van der Waals surface area contributed by atoms with E-state index in [0.717, 1.165) is 18.0 Å². The molecule has 0 spiro atoms. The summed E-state index contributed by atoms with van der Waals surface area (Å²) in [6.45, 7) is 5.38. The number of aromatic nitrogens is 3. The third-order valence-electron chi connectivity index (χ3n) is 3.62. The van der Waals surface area contributed by atoms with Crippen LogP contribution in [0, 0.1) is 5.92 Å². The summed E-state index contributed by atoms with van der Waals surface area (Å²) in [6.07, 6.45) is 10.4. The smallest absolute Gasteiger partial charge is 0.180 e. The van der Waals surface area contributed by atoms with E-state index in [-0.39, 0.29) is 0 Å². The fourth-order valence-electron chi connectivity index (χ4n) is 2.30. The van der Waals surface area contributed by atoms with Crippen molar-refractivity contribution < 1.29 is 0 Å². The zero-order valence-corrected chi connectivity index (χ0v) is 12.3. The number of fused-ring (bicyclic) bond motifs is 1. The minimum atomic E-state index is 0.625. The molecule has 2 heterocycles. The van der Waals surface area contributed by atoms with Crippen molar-refractivity contribution in [1.82, 2.24) is 14.4 Å². The lowest BCUT2D eigenvalue weighted by Gasteiger charge is -2.16. The predicted octanol–water partition coefficient (Wildman–Crippen LogP) is 2.64. The van der Waals surface area contributed by atoms with Crippen LogP contribution < -0.4 is 16.6 Å². The van der Waals surface area contributed by atoms with E-state index in [4.69, 9.17) is 5.84 Å². The van der Waals surface area contributed by atoms with E-state index >= 15 is 0 Å². The number of hydrazine groups is 1. The van der Waals surface area contributed by atoms with Gasteiger partial charge >= 0.3 is 0 Å². The molecule has 0 saturated carbocycles. The summed E-state index contributed by atoms with van der Waals surface area (Å²) >= 11 is 0. The monoisotopic (exact) mass is 276 g/mol. The molecular formula is C14H24N6. The van der Waals surface area contributed by atoms with Gasteiger partial charge in [-0.25, -0.2) is 15.8 Å². The first-order chi connectivity index (χ1) is 9.78. The summed E-state index contributed by atoms with van der Waals surface area (Å²) in [5, 5.41) is 3.42. The first-order valence-corrected chi connectivity index (χ1v) is 7.32. The molecule has 1 atom stereocenters. The van der Waals surface area contributed by atoms with Gasteiger partial charge in [-0.3, -0.25) is 0 Å². The van der Waals surface area contributed by atoms with Crippen molar-refractivity contribution in [2.45, 2.75) is 39.5 Å². The van der Waals surface area contributed by atoms with Gasteiger partial charge in [0.2, 0.25) is 0 Å². The van der Waals surface area contributed by atoms with Gasteiger partial charge in [-0.2, -0.15) is 0 Å². The van der Waals surface area contributed by atoms with E-state index in [2.05, 4.69) is 34.6 Å². The Bertz CT molecular complexity index is 535. The summed E-state index contributed by atoms with van der Waals surface area (Å²) in [4.78, 5) is 8.78. The zero-order valence-electron chi connectivity index (χ0n) is 12.3. The van der Waals surface area contributed by atoms with Crippen LogP contribution in [0.3, 0.4) is 0 Å². The molecule has 0 bridgehead atoms. The summed E-state index contributed by atoms with van der Waals surface area (Å²) in [6, 6.07) is 0. The van der Waals surface area contributed by atoms with Crippen molar-refractivity contribution in [2.24, 2.45) is 11.8 Å². The average Bonchev–Trinajstić information content (AvgIpc) is 2.95. The Morgan fingerprint density at radius 1 is 1.40 bits per heavy atom. The third-order valence-corrected chi connectivity index (χ3v) is 3.62. The molecule has 0 fully saturated rings. The Hall–Kier alpha value is -1.82. The Labute approximate surface area is 119 Å². The molecule has 0 aliphatic carbocycles. The van der Waals surface area contributed by atoms with Crippen molar-refractivity contribution >= 4 is 17.3 Å². The lowest BCUT2D eigenvalue weighted by atomic mass is 9.99. The van der Waals surface area contributed by atoms with Crippen LogP contribution in [0.2, 0.25) is 0 Å². The largest absolute Gasteiger partial charge is 0.367 e. The van der Waals surface area contributed by atoms with Crippen molar-refractivity contribution in [2.75, 3.05) is 17.3 Å². The van der Waals surface area contributed by atoms with E-state index in [9.17, 15) is 0 Å². The molecule has 1 unspecified atom stereocenters. The summed E-state index contributed by atoms with van der Waals surface area (Å²) in [7, 11) is 0. The molecule has 110 valence electrons. The van der Waals surface area contributed by atoms with Crippen molar-refractivity contribution in [3.8, 4) is 0 Å². The SMILES string of the molecule is CCCCC(CC)CNc1nc(NN)cn2ccnc12. The first-order valence-electron chi connectivity index (χ1n) is 7.32. The number of rotatable bonds is 8. The molecule has 0 aromatic carbocycles. The van der Waals surface area contributed by atoms with Gasteiger partial charge in [0.1, 0.15) is 0 Å². The quantitative estimate of drug-likeness (QED) is 0.510. The third kappa shape index (κ3) is 3.39. The number of anilines is 2. The number of imidazole rings is 1. The molecule has 2 rings (SSSR count). The highest BCUT2D eigenvalue weighted by Gasteiger charge is 2.10. The molecule has 4 N–H and O–H groups in total. The average molecular weight is 276 g/mol. The van der Waals surface area contributed by atoms with E-state index in [1.54, 1.807) is 6.20 Å². The second-order valence-corrected chi connectivity index (χ2v) is 5.07. The van der Waals surface area contributed by atoms with E-state index in [1.807, 2.05) is 16.8 Å². The molecule has 6 heteroatoms. The standard InChI is InChI=1S/C14H24N6/c1-3-5-6-11(4-2)9-17-13-14-16-7-8-20(14)10-12(18-13)19-15/h7-8,10-11,19H,3-6,9,15H2,1-2H3,(H,17,18). The maximum Gasteiger partial charge on any atom is 0.180 e. The van der Waals surface area contributed by atoms with Gasteiger partial charge in [-0.1, -0.05) is 33.1 Å². The maximum atomic E-state index is 5.45. The minimum absolute atomic E-state index is 0.625. The van der Waals surface area contributed by atoms with Crippen LogP contribution in [0.25, 0.3) is 5.65 Å². The summed E-state index contributed by atoms with van der Waals surface area (Å²) in [5.74, 6) is 7.52. The number of nitrogens with one attached hydrogen (secondary N) is 2. The van der Waals surface area contributed by atoms with Crippen LogP contribution in [0.4, 0.5) is 11.6 Å². The number of nitrogens with zero attached hydrogens (tertiary/aromatic N) is 3. The van der Waals surface area contributed by atoms with Crippen LogP contribution in [-0.4, -0.2) is 20.9 Å². The molecule has 20 heavy (non-hydrogen) atoms. The summed E-state index contributed by atoms with van der Waals surface area (Å²) < 4.78 is 1.91. The Morgan fingerprint density at radius 3 is 2.95 bits per heavy atom. The number of hydrogen-bond acceptors (Lipinski definition) is 5. The van der Waals surface area contributed by atoms with Gasteiger partial charge in [0, 0.05) is 18.9 Å². The molecule has 0 saturated heterocycles. The molecule has 0 aliphatic heterocycles. The highest BCUT2D eigenvalue weighted by atomic mass is 15.3. The fourth-order valence-corrected chi connectivity index (χ4v) is 2.30. The van der Waals surface area contributed by atoms with Gasteiger partial charge in [0.25, 0.3) is 0 Å². The molecule has 0 aliphatic rings. The number of nitrogens with two attached hydrogens (primary N) is 1. The van der Waals surface area contributed by atoms with Gasteiger partial charge in [0.15, 0.2) is 17.3 Å². The van der Waals surface area contributed by atoms with Crippen LogP contribution in [-0.2, 0) is 0 Å². The summed E-state index contributed by atoms with van der Waals surface area (Å²) in [5.41, 5.74) is 3.41. The van der Waals surface area contributed by atoms with Gasteiger partial charge in [-0.15, -0.1) is 0 Å². The minimum Gasteiger partial charge on any atom is -0.367 e. The molecule has 2 aromatic heterocycles. The van der Waals surface area contributed by atoms with Crippen LogP contribution in [0.15, 0.2) is 18.6 Å². The lowest BCUT2D eigenvalue weighted by molar-refractivity contribution is 0.472. The lowest BCUT2D eigenvalue weighted by Crippen LogP contribution is -2.17. The molecule has 6 nitrogen and oxygen atoms in total. The van der Waals surface area contributed by atoms with Crippen LogP contribution >= 0.6 is 0 Å². The molecular weight excluding hydrogens is 252 g/mol. The Morgan fingerprint density at radius 2 is 2.25 bits per heavy atom. The van der Waals surface area contributed by atoms with Crippen LogP contribution in [0.1, 0.15) is 39.5 Å². The normalized spacial score (nSPS) is 12.6. The maximum absolute atomic E-state index is 5.45. The Kier molecular flexibility index (Phi) is 5.17. The molecule has 0 amide bonds. The first kappa shape index (κ1) is 14.6. The zero-order chi connectivity index (χ0) is 14.4. The second kappa shape index (κ2) is 7.09. The van der Waals surface area contributed by atoms with Crippen molar-refractivity contribution in [1.29, 1.82) is 0 Å². The van der Waals surface area contributed by atoms with E-state index in [1.165, 1.54) is 25.7 Å². The Balaban J connectivity index is 2.09. The number of nitrogen functional groups attached to an aromatic ring is 1. The fraction of sp³-hybridized carbons (Fsp3) is 0.571.